The Bertz CT molecular complexity index is 162. The Balaban J connectivity index is 2.23. The summed E-state index contributed by atoms with van der Waals surface area (Å²) in [6, 6.07) is 0. The molecule has 1 aliphatic rings. The molecule has 1 saturated heterocycles. The van der Waals surface area contributed by atoms with Crippen molar-refractivity contribution in [1.82, 2.24) is 0 Å². The molecule has 1 fully saturated rings. The van der Waals surface area contributed by atoms with E-state index < -0.39 is 0 Å². The highest BCUT2D eigenvalue weighted by Crippen LogP contribution is 2.23. The van der Waals surface area contributed by atoms with Gasteiger partial charge in [-0.3, -0.25) is 0 Å². The van der Waals surface area contributed by atoms with Crippen molar-refractivity contribution in [1.29, 1.82) is 0 Å². The Hall–Kier alpha value is -0.120. The van der Waals surface area contributed by atoms with Gasteiger partial charge in [0.15, 0.2) is 0 Å². The molecule has 3 nitrogen and oxygen atoms in total. The van der Waals surface area contributed by atoms with Gasteiger partial charge in [-0.1, -0.05) is 0 Å². The van der Waals surface area contributed by atoms with E-state index in [1.807, 2.05) is 13.8 Å². The molecule has 1 aliphatic heterocycles. The van der Waals surface area contributed by atoms with Crippen LogP contribution in [0.15, 0.2) is 0 Å². The standard InChI is InChI=1S/C11H22O3/c1-11(2,13-3)6-4-10(12)9-5-7-14-8-9/h9-10,12H,4-8H2,1-3H3. The summed E-state index contributed by atoms with van der Waals surface area (Å²) in [5, 5.41) is 9.87. The average molecular weight is 202 g/mol. The molecule has 0 radical (unpaired) electrons. The minimum Gasteiger partial charge on any atom is -0.393 e. The van der Waals surface area contributed by atoms with Crippen molar-refractivity contribution in [2.75, 3.05) is 20.3 Å². The predicted molar refractivity (Wildman–Crippen MR) is 55.3 cm³/mol. The molecule has 0 aromatic carbocycles. The molecule has 0 saturated carbocycles. The van der Waals surface area contributed by atoms with Gasteiger partial charge in [-0.25, -0.2) is 0 Å². The minimum absolute atomic E-state index is 0.125. The molecular weight excluding hydrogens is 180 g/mol. The summed E-state index contributed by atoms with van der Waals surface area (Å²) in [4.78, 5) is 0. The van der Waals surface area contributed by atoms with E-state index in [9.17, 15) is 5.11 Å². The molecule has 1 heterocycles. The van der Waals surface area contributed by atoms with E-state index in [1.165, 1.54) is 0 Å². The monoisotopic (exact) mass is 202 g/mol. The first-order valence-electron chi connectivity index (χ1n) is 5.36. The van der Waals surface area contributed by atoms with Gasteiger partial charge >= 0.3 is 0 Å². The number of methoxy groups -OCH3 is 1. The number of aliphatic hydroxyl groups is 1. The van der Waals surface area contributed by atoms with Gasteiger partial charge in [0.25, 0.3) is 0 Å². The van der Waals surface area contributed by atoms with Gasteiger partial charge in [-0.05, 0) is 33.1 Å². The fourth-order valence-corrected chi connectivity index (χ4v) is 1.69. The summed E-state index contributed by atoms with van der Waals surface area (Å²) < 4.78 is 10.6. The van der Waals surface area contributed by atoms with E-state index in [0.29, 0.717) is 12.5 Å². The van der Waals surface area contributed by atoms with Crippen LogP contribution in [-0.2, 0) is 9.47 Å². The Labute approximate surface area is 86.4 Å². The lowest BCUT2D eigenvalue weighted by molar-refractivity contribution is -0.00485. The van der Waals surface area contributed by atoms with Crippen LogP contribution in [0.2, 0.25) is 0 Å². The molecule has 2 unspecified atom stereocenters. The van der Waals surface area contributed by atoms with Gasteiger partial charge in [0.1, 0.15) is 0 Å². The zero-order valence-corrected chi connectivity index (χ0v) is 9.45. The highest BCUT2D eigenvalue weighted by Gasteiger charge is 2.26. The van der Waals surface area contributed by atoms with E-state index in [1.54, 1.807) is 7.11 Å². The van der Waals surface area contributed by atoms with Crippen LogP contribution in [0.25, 0.3) is 0 Å². The molecule has 0 amide bonds. The molecular formula is C11H22O3. The maximum atomic E-state index is 9.87. The molecule has 2 atom stereocenters. The van der Waals surface area contributed by atoms with E-state index in [0.717, 1.165) is 25.9 Å². The summed E-state index contributed by atoms with van der Waals surface area (Å²) in [5.41, 5.74) is -0.125. The van der Waals surface area contributed by atoms with Crippen LogP contribution >= 0.6 is 0 Å². The topological polar surface area (TPSA) is 38.7 Å². The van der Waals surface area contributed by atoms with Crippen LogP contribution in [0.4, 0.5) is 0 Å². The molecule has 0 aromatic rings. The van der Waals surface area contributed by atoms with Gasteiger partial charge < -0.3 is 14.6 Å². The fraction of sp³-hybridized carbons (Fsp3) is 1.00. The summed E-state index contributed by atoms with van der Waals surface area (Å²) >= 11 is 0. The van der Waals surface area contributed by atoms with Crippen LogP contribution in [0, 0.1) is 5.92 Å². The SMILES string of the molecule is COC(C)(C)CCC(O)C1CCOC1. The molecule has 1 N–H and O–H groups in total. The van der Waals surface area contributed by atoms with E-state index in [2.05, 4.69) is 0 Å². The van der Waals surface area contributed by atoms with Crippen molar-refractivity contribution < 1.29 is 14.6 Å². The van der Waals surface area contributed by atoms with Crippen molar-refractivity contribution in [2.24, 2.45) is 5.92 Å². The number of hydrogen-bond acceptors (Lipinski definition) is 3. The maximum Gasteiger partial charge on any atom is 0.0623 e. The quantitative estimate of drug-likeness (QED) is 0.735. The van der Waals surface area contributed by atoms with E-state index >= 15 is 0 Å². The Morgan fingerprint density at radius 1 is 1.57 bits per heavy atom. The minimum atomic E-state index is -0.230. The van der Waals surface area contributed by atoms with Crippen molar-refractivity contribution >= 4 is 0 Å². The van der Waals surface area contributed by atoms with Crippen molar-refractivity contribution in [3.8, 4) is 0 Å². The first-order valence-corrected chi connectivity index (χ1v) is 5.36. The molecule has 84 valence electrons. The smallest absolute Gasteiger partial charge is 0.0623 e. The molecule has 0 spiro atoms. The van der Waals surface area contributed by atoms with Gasteiger partial charge in [0.05, 0.1) is 18.3 Å². The van der Waals surface area contributed by atoms with Crippen molar-refractivity contribution in [3.05, 3.63) is 0 Å². The highest BCUT2D eigenvalue weighted by atomic mass is 16.5. The van der Waals surface area contributed by atoms with Crippen molar-refractivity contribution in [3.63, 3.8) is 0 Å². The molecule has 0 aliphatic carbocycles. The summed E-state index contributed by atoms with van der Waals surface area (Å²) in [5.74, 6) is 0.336. The van der Waals surface area contributed by atoms with Crippen LogP contribution in [0.1, 0.15) is 33.1 Å². The summed E-state index contributed by atoms with van der Waals surface area (Å²) in [7, 11) is 1.71. The number of rotatable bonds is 5. The predicted octanol–water partition coefficient (Wildman–Crippen LogP) is 1.59. The third-order valence-electron chi connectivity index (χ3n) is 3.10. The highest BCUT2D eigenvalue weighted by molar-refractivity contribution is 4.76. The lowest BCUT2D eigenvalue weighted by Crippen LogP contribution is -2.27. The summed E-state index contributed by atoms with van der Waals surface area (Å²) in [6.07, 6.45) is 2.46. The molecule has 0 aromatic heterocycles. The number of aliphatic hydroxyl groups excluding tert-OH is 1. The zero-order valence-electron chi connectivity index (χ0n) is 9.45. The third-order valence-corrected chi connectivity index (χ3v) is 3.10. The number of ether oxygens (including phenoxy) is 2. The third kappa shape index (κ3) is 3.56. The Morgan fingerprint density at radius 3 is 2.79 bits per heavy atom. The fourth-order valence-electron chi connectivity index (χ4n) is 1.69. The average Bonchev–Trinajstić information content (AvgIpc) is 2.67. The lowest BCUT2D eigenvalue weighted by atomic mass is 9.93. The van der Waals surface area contributed by atoms with Crippen molar-refractivity contribution in [2.45, 2.75) is 44.8 Å². The second-order valence-corrected chi connectivity index (χ2v) is 4.69. The van der Waals surface area contributed by atoms with Gasteiger partial charge in [-0.15, -0.1) is 0 Å². The summed E-state index contributed by atoms with van der Waals surface area (Å²) in [6.45, 7) is 5.61. The largest absolute Gasteiger partial charge is 0.393 e. The van der Waals surface area contributed by atoms with E-state index in [-0.39, 0.29) is 11.7 Å². The normalized spacial score (nSPS) is 25.3. The van der Waals surface area contributed by atoms with E-state index in [4.69, 9.17) is 9.47 Å². The van der Waals surface area contributed by atoms with Crippen LogP contribution < -0.4 is 0 Å². The second kappa shape index (κ2) is 5.10. The zero-order chi connectivity index (χ0) is 10.6. The first-order chi connectivity index (χ1) is 6.55. The maximum absolute atomic E-state index is 9.87. The molecule has 14 heavy (non-hydrogen) atoms. The molecule has 0 bridgehead atoms. The molecule has 3 heteroatoms. The van der Waals surface area contributed by atoms with Gasteiger partial charge in [0, 0.05) is 19.6 Å². The Morgan fingerprint density at radius 2 is 2.29 bits per heavy atom. The lowest BCUT2D eigenvalue weighted by Gasteiger charge is -2.25. The Kier molecular flexibility index (Phi) is 4.35. The second-order valence-electron chi connectivity index (χ2n) is 4.69. The van der Waals surface area contributed by atoms with Crippen LogP contribution in [0.3, 0.4) is 0 Å². The van der Waals surface area contributed by atoms with Crippen LogP contribution in [0.5, 0.6) is 0 Å². The first kappa shape index (κ1) is 12.0. The number of hydrogen-bond donors (Lipinski definition) is 1. The van der Waals surface area contributed by atoms with Crippen LogP contribution in [-0.4, -0.2) is 37.1 Å². The van der Waals surface area contributed by atoms with Gasteiger partial charge in [0.2, 0.25) is 0 Å². The molecule has 1 rings (SSSR count). The van der Waals surface area contributed by atoms with Gasteiger partial charge in [-0.2, -0.15) is 0 Å².